The third-order valence-corrected chi connectivity index (χ3v) is 5.64. The van der Waals surface area contributed by atoms with Gasteiger partial charge in [-0.3, -0.25) is 9.78 Å². The highest BCUT2D eigenvalue weighted by molar-refractivity contribution is 6.34. The van der Waals surface area contributed by atoms with E-state index in [4.69, 9.17) is 22.3 Å². The van der Waals surface area contributed by atoms with Gasteiger partial charge in [0.2, 0.25) is 5.91 Å². The Morgan fingerprint density at radius 2 is 1.94 bits per heavy atom. The fourth-order valence-corrected chi connectivity index (χ4v) is 3.99. The topological polar surface area (TPSA) is 99.6 Å². The normalized spacial score (nSPS) is 12.3. The van der Waals surface area contributed by atoms with Crippen LogP contribution in [0.2, 0.25) is 5.02 Å². The number of benzene rings is 2. The van der Waals surface area contributed by atoms with Gasteiger partial charge in [-0.25, -0.2) is 9.67 Å². The van der Waals surface area contributed by atoms with Crippen LogP contribution in [0.3, 0.4) is 0 Å². The smallest absolute Gasteiger partial charge is 0.250 e. The van der Waals surface area contributed by atoms with Gasteiger partial charge in [0.05, 0.1) is 27.8 Å². The van der Waals surface area contributed by atoms with E-state index in [1.165, 1.54) is 0 Å². The summed E-state index contributed by atoms with van der Waals surface area (Å²) in [5.74, 6) is -0.570. The Balaban J connectivity index is 1.61. The van der Waals surface area contributed by atoms with Crippen LogP contribution in [0.15, 0.2) is 66.9 Å². The number of aromatic nitrogens is 5. The van der Waals surface area contributed by atoms with Crippen molar-refractivity contribution in [3.8, 4) is 11.3 Å². The number of carbonyl (C=O) groups is 1. The van der Waals surface area contributed by atoms with E-state index in [0.717, 1.165) is 22.0 Å². The molecule has 2 aromatic carbocycles. The molecule has 5 aromatic rings. The molecule has 0 saturated heterocycles. The molecule has 0 spiro atoms. The van der Waals surface area contributed by atoms with E-state index in [-0.39, 0.29) is 16.6 Å². The minimum Gasteiger partial charge on any atom is -0.366 e. The van der Waals surface area contributed by atoms with Gasteiger partial charge < -0.3 is 5.73 Å². The van der Waals surface area contributed by atoms with Crippen LogP contribution in [0.25, 0.3) is 33.3 Å². The summed E-state index contributed by atoms with van der Waals surface area (Å²) in [7, 11) is 0. The minimum absolute atomic E-state index is 0.132. The van der Waals surface area contributed by atoms with E-state index in [2.05, 4.69) is 15.3 Å². The summed E-state index contributed by atoms with van der Waals surface area (Å²) in [6.45, 7) is 2.05. The maximum Gasteiger partial charge on any atom is 0.250 e. The van der Waals surface area contributed by atoms with Crippen LogP contribution in [-0.4, -0.2) is 30.9 Å². The first-order valence-electron chi connectivity index (χ1n) is 9.68. The number of nitrogens with zero attached hydrogens (tertiary/aromatic N) is 5. The summed E-state index contributed by atoms with van der Waals surface area (Å²) >= 11 is 6.22. The van der Waals surface area contributed by atoms with Crippen molar-refractivity contribution in [1.82, 2.24) is 25.0 Å². The molecule has 0 aliphatic heterocycles. The monoisotopic (exact) mass is 428 g/mol. The number of rotatable bonds is 4. The van der Waals surface area contributed by atoms with Crippen LogP contribution in [0.5, 0.6) is 0 Å². The molecule has 152 valence electrons. The molecule has 7 nitrogen and oxygen atoms in total. The fraction of sp³-hybridized carbons (Fsp3) is 0.0870. The number of nitrogens with two attached hydrogens (primary N) is 1. The Labute approximate surface area is 182 Å². The Bertz CT molecular complexity index is 1460. The van der Waals surface area contributed by atoms with Crippen molar-refractivity contribution in [2.75, 3.05) is 0 Å². The molecule has 1 amide bonds. The molecule has 0 fully saturated rings. The number of fused-ring (bicyclic) bond motifs is 2. The second kappa shape index (κ2) is 7.45. The molecule has 5 rings (SSSR count). The minimum atomic E-state index is -0.570. The van der Waals surface area contributed by atoms with Crippen molar-refractivity contribution in [2.45, 2.75) is 13.0 Å². The Hall–Kier alpha value is -3.84. The van der Waals surface area contributed by atoms with Gasteiger partial charge in [0, 0.05) is 22.7 Å². The molecule has 1 atom stereocenters. The van der Waals surface area contributed by atoms with Crippen LogP contribution in [0.1, 0.15) is 28.9 Å². The standard InChI is InChI=1S/C23H17ClN6O/c1-13(16-6-2-4-14-5-3-11-26-21(14)16)30-23-20(28-29-30)10-9-19(27-23)15-7-8-17(22(25)31)18(24)12-15/h2-13H,1H3,(H2,25,31). The molecular weight excluding hydrogens is 412 g/mol. The second-order valence-electron chi connectivity index (χ2n) is 7.23. The van der Waals surface area contributed by atoms with Crippen LogP contribution in [0.4, 0.5) is 0 Å². The average Bonchev–Trinajstić information content (AvgIpc) is 3.21. The third-order valence-electron chi connectivity index (χ3n) is 5.33. The maximum atomic E-state index is 11.5. The quantitative estimate of drug-likeness (QED) is 0.457. The second-order valence-corrected chi connectivity index (χ2v) is 7.64. The van der Waals surface area contributed by atoms with Gasteiger partial charge in [0.15, 0.2) is 5.65 Å². The van der Waals surface area contributed by atoms with E-state index < -0.39 is 5.91 Å². The zero-order valence-corrected chi connectivity index (χ0v) is 17.3. The van der Waals surface area contributed by atoms with E-state index in [0.29, 0.717) is 16.9 Å². The summed E-state index contributed by atoms with van der Waals surface area (Å²) < 4.78 is 1.79. The van der Waals surface area contributed by atoms with E-state index in [1.54, 1.807) is 29.1 Å². The Kier molecular flexibility index (Phi) is 4.60. The predicted molar refractivity (Wildman–Crippen MR) is 120 cm³/mol. The van der Waals surface area contributed by atoms with Crippen molar-refractivity contribution < 1.29 is 4.79 Å². The van der Waals surface area contributed by atoms with Gasteiger partial charge in [-0.1, -0.05) is 47.1 Å². The summed E-state index contributed by atoms with van der Waals surface area (Å²) in [5.41, 5.74) is 10.4. The Morgan fingerprint density at radius 3 is 2.74 bits per heavy atom. The molecule has 0 bridgehead atoms. The number of halogens is 1. The van der Waals surface area contributed by atoms with Gasteiger partial charge in [0.25, 0.3) is 0 Å². The highest BCUT2D eigenvalue weighted by Gasteiger charge is 2.18. The molecular formula is C23H17ClN6O. The molecule has 3 heterocycles. The lowest BCUT2D eigenvalue weighted by atomic mass is 10.0. The number of hydrogen-bond donors (Lipinski definition) is 1. The van der Waals surface area contributed by atoms with Crippen molar-refractivity contribution in [1.29, 1.82) is 0 Å². The van der Waals surface area contributed by atoms with E-state index in [1.807, 2.05) is 49.4 Å². The SMILES string of the molecule is CC(c1cccc2cccnc12)n1nnc2ccc(-c3ccc(C(N)=O)c(Cl)c3)nc21. The van der Waals surface area contributed by atoms with Gasteiger partial charge in [-0.15, -0.1) is 5.10 Å². The van der Waals surface area contributed by atoms with Crippen molar-refractivity contribution in [2.24, 2.45) is 5.73 Å². The number of amides is 1. The van der Waals surface area contributed by atoms with E-state index >= 15 is 0 Å². The molecule has 0 aliphatic carbocycles. The van der Waals surface area contributed by atoms with Crippen LogP contribution < -0.4 is 5.73 Å². The van der Waals surface area contributed by atoms with E-state index in [9.17, 15) is 4.79 Å². The van der Waals surface area contributed by atoms with Crippen LogP contribution in [-0.2, 0) is 0 Å². The Morgan fingerprint density at radius 1 is 1.10 bits per heavy atom. The molecule has 0 saturated carbocycles. The molecule has 2 N–H and O–H groups in total. The van der Waals surface area contributed by atoms with Gasteiger partial charge in [-0.2, -0.15) is 0 Å². The zero-order chi connectivity index (χ0) is 21.5. The molecule has 1 unspecified atom stereocenters. The average molecular weight is 429 g/mol. The zero-order valence-electron chi connectivity index (χ0n) is 16.5. The molecule has 0 radical (unpaired) electrons. The summed E-state index contributed by atoms with van der Waals surface area (Å²) in [6, 6.07) is 18.7. The van der Waals surface area contributed by atoms with Crippen molar-refractivity contribution >= 4 is 39.6 Å². The lowest BCUT2D eigenvalue weighted by Gasteiger charge is -2.14. The van der Waals surface area contributed by atoms with Crippen molar-refractivity contribution in [3.63, 3.8) is 0 Å². The lowest BCUT2D eigenvalue weighted by molar-refractivity contribution is 0.100. The fourth-order valence-electron chi connectivity index (χ4n) is 3.72. The molecule has 3 aromatic heterocycles. The first-order chi connectivity index (χ1) is 15.0. The first kappa shape index (κ1) is 19.1. The lowest BCUT2D eigenvalue weighted by Crippen LogP contribution is -2.11. The summed E-state index contributed by atoms with van der Waals surface area (Å²) in [4.78, 5) is 20.8. The maximum absolute atomic E-state index is 11.5. The number of carbonyl (C=O) groups excluding carboxylic acids is 1. The van der Waals surface area contributed by atoms with Gasteiger partial charge in [-0.05, 0) is 37.3 Å². The highest BCUT2D eigenvalue weighted by atomic mass is 35.5. The molecule has 0 aliphatic rings. The molecule has 31 heavy (non-hydrogen) atoms. The van der Waals surface area contributed by atoms with Gasteiger partial charge >= 0.3 is 0 Å². The summed E-state index contributed by atoms with van der Waals surface area (Å²) in [6.07, 6.45) is 1.79. The number of pyridine rings is 2. The number of hydrogen-bond acceptors (Lipinski definition) is 5. The van der Waals surface area contributed by atoms with Gasteiger partial charge in [0.1, 0.15) is 5.52 Å². The largest absolute Gasteiger partial charge is 0.366 e. The predicted octanol–water partition coefficient (Wildman–Crippen LogP) is 4.40. The van der Waals surface area contributed by atoms with Crippen LogP contribution >= 0.6 is 11.6 Å². The van der Waals surface area contributed by atoms with Crippen molar-refractivity contribution in [3.05, 3.63) is 83.0 Å². The number of primary amides is 1. The van der Waals surface area contributed by atoms with Crippen LogP contribution in [0, 0.1) is 0 Å². The highest BCUT2D eigenvalue weighted by Crippen LogP contribution is 2.29. The number of para-hydroxylation sites is 1. The first-order valence-corrected chi connectivity index (χ1v) is 10.1. The summed E-state index contributed by atoms with van der Waals surface area (Å²) in [5, 5.41) is 9.98. The molecule has 8 heteroatoms. The third kappa shape index (κ3) is 3.29.